The average Bonchev–Trinajstić information content (AvgIpc) is 3.68. The Balaban J connectivity index is 1.03. The first kappa shape index (κ1) is 29.4. The van der Waals surface area contributed by atoms with Gasteiger partial charge in [-0.2, -0.15) is 0 Å². The fourth-order valence-corrected chi connectivity index (χ4v) is 8.55. The van der Waals surface area contributed by atoms with Gasteiger partial charge in [-0.1, -0.05) is 30.3 Å². The summed E-state index contributed by atoms with van der Waals surface area (Å²) in [5, 5.41) is 13.3. The summed E-state index contributed by atoms with van der Waals surface area (Å²) in [6.45, 7) is 5.71. The Morgan fingerprint density at radius 2 is 1.80 bits per heavy atom. The van der Waals surface area contributed by atoms with Crippen LogP contribution < -0.4 is 20.4 Å². The molecule has 3 fully saturated rings. The second kappa shape index (κ2) is 11.6. The molecule has 8 rings (SSSR count). The van der Waals surface area contributed by atoms with Crippen molar-refractivity contribution in [2.75, 3.05) is 41.7 Å². The predicted octanol–water partition coefficient (Wildman–Crippen LogP) is 3.51. The Labute approximate surface area is 269 Å². The van der Waals surface area contributed by atoms with Crippen molar-refractivity contribution in [1.29, 1.82) is 0 Å². The average molecular weight is 641 g/mol. The Kier molecular flexibility index (Phi) is 7.44. The van der Waals surface area contributed by atoms with Gasteiger partial charge in [-0.3, -0.25) is 4.79 Å². The number of piperazine rings is 1. The third-order valence-corrected chi connectivity index (χ3v) is 11.5. The molecule has 0 unspecified atom stereocenters. The number of aromatic nitrogens is 4. The van der Waals surface area contributed by atoms with Crippen molar-refractivity contribution in [2.45, 2.75) is 70.0 Å². The van der Waals surface area contributed by atoms with E-state index >= 15 is 0 Å². The largest absolute Gasteiger partial charge is 0.368 e. The van der Waals surface area contributed by atoms with Crippen LogP contribution in [0, 0.1) is 6.92 Å². The second-order valence-corrected chi connectivity index (χ2v) is 15.2. The van der Waals surface area contributed by atoms with Gasteiger partial charge in [-0.15, -0.1) is 9.19 Å². The molecule has 2 bridgehead atoms. The summed E-state index contributed by atoms with van der Waals surface area (Å²) in [5.74, 6) is 0.462. The number of hydrogen-bond donors (Lipinski definition) is 2. The third-order valence-electron chi connectivity index (χ3n) is 9.96. The summed E-state index contributed by atoms with van der Waals surface area (Å²) in [5.41, 5.74) is 6.09. The van der Waals surface area contributed by atoms with Crippen LogP contribution in [0.1, 0.15) is 71.2 Å². The quantitative estimate of drug-likeness (QED) is 0.265. The molecule has 2 saturated heterocycles. The van der Waals surface area contributed by atoms with Gasteiger partial charge >= 0.3 is 0 Å². The number of carbonyl (C=O) groups excluding carboxylic acids is 1. The number of rotatable bonds is 9. The van der Waals surface area contributed by atoms with E-state index in [0.717, 1.165) is 54.4 Å². The van der Waals surface area contributed by atoms with E-state index in [9.17, 15) is 13.2 Å². The molecule has 2 N–H and O–H groups in total. The number of anilines is 2. The summed E-state index contributed by atoms with van der Waals surface area (Å²) in [6, 6.07) is 15.8. The number of nitrogens with zero attached hydrogens (tertiary/aromatic N) is 6. The molecular weight excluding hydrogens is 600 g/mol. The Morgan fingerprint density at radius 3 is 2.59 bits per heavy atom. The number of fused-ring (bicyclic) bond motifs is 4. The second-order valence-electron chi connectivity index (χ2n) is 13.3. The van der Waals surface area contributed by atoms with Crippen molar-refractivity contribution in [1.82, 2.24) is 29.8 Å². The molecule has 1 aliphatic carbocycles. The lowest BCUT2D eigenvalue weighted by Gasteiger charge is -2.38. The molecule has 1 saturated carbocycles. The van der Waals surface area contributed by atoms with Crippen LogP contribution in [-0.4, -0.2) is 77.5 Å². The van der Waals surface area contributed by atoms with Crippen molar-refractivity contribution in [3.8, 4) is 0 Å². The Bertz CT molecular complexity index is 1900. The van der Waals surface area contributed by atoms with Crippen LogP contribution in [0.2, 0.25) is 0 Å². The standard InChI is InChI=1S/C34H40N8O3S/c1-22-5-2-6-23-7-3-8-30(32(22)23)40-15-13-27-29(20-40)38-28(17-31(27)41-18-25-11-12-26(19-41)37-25)34(43)35-14-4-16-46(44,45)42-21-36-33(39-42)24-9-10-24/h2-3,5-8,17,21,24-26,37H,4,9-16,18-20H2,1H3,(H,35,43)/t25-,26+. The molecule has 46 heavy (non-hydrogen) atoms. The molecule has 12 heteroatoms. The minimum atomic E-state index is -3.64. The monoisotopic (exact) mass is 640 g/mol. The smallest absolute Gasteiger partial charge is 0.269 e. The van der Waals surface area contributed by atoms with E-state index in [1.165, 1.54) is 46.8 Å². The van der Waals surface area contributed by atoms with Crippen LogP contribution in [0.5, 0.6) is 0 Å². The van der Waals surface area contributed by atoms with E-state index < -0.39 is 10.0 Å². The van der Waals surface area contributed by atoms with Crippen molar-refractivity contribution >= 4 is 38.1 Å². The number of carbonyl (C=O) groups is 1. The highest BCUT2D eigenvalue weighted by molar-refractivity contribution is 7.89. The van der Waals surface area contributed by atoms with Crippen LogP contribution in [0.3, 0.4) is 0 Å². The maximum absolute atomic E-state index is 13.6. The van der Waals surface area contributed by atoms with Gasteiger partial charge in [0.1, 0.15) is 12.0 Å². The van der Waals surface area contributed by atoms with Crippen LogP contribution in [0.15, 0.2) is 48.8 Å². The van der Waals surface area contributed by atoms with Gasteiger partial charge in [0.25, 0.3) is 15.9 Å². The van der Waals surface area contributed by atoms with Gasteiger partial charge < -0.3 is 20.4 Å². The summed E-state index contributed by atoms with van der Waals surface area (Å²) < 4.78 is 26.6. The van der Waals surface area contributed by atoms with Gasteiger partial charge in [-0.05, 0) is 68.5 Å². The molecule has 0 radical (unpaired) electrons. The van der Waals surface area contributed by atoms with Crippen LogP contribution in [0.25, 0.3) is 10.8 Å². The summed E-state index contributed by atoms with van der Waals surface area (Å²) in [7, 11) is -3.64. The Hall–Kier alpha value is -4.03. The fourth-order valence-electron chi connectivity index (χ4n) is 7.45. The highest BCUT2D eigenvalue weighted by atomic mass is 32.2. The molecule has 11 nitrogen and oxygen atoms in total. The third kappa shape index (κ3) is 5.62. The van der Waals surface area contributed by atoms with Gasteiger partial charge in [0.2, 0.25) is 0 Å². The Morgan fingerprint density at radius 1 is 1.02 bits per heavy atom. The SMILES string of the molecule is Cc1cccc2cccc(N3CCc4c(N5C[C@H]6CC[C@@H](C5)N6)cc(C(=O)NCCCS(=O)(=O)n5cnc(C6CC6)n5)nc4C3)c12. The maximum atomic E-state index is 13.6. The van der Waals surface area contributed by atoms with Crippen LogP contribution in [-0.2, 0) is 23.0 Å². The van der Waals surface area contributed by atoms with Crippen molar-refractivity contribution in [3.05, 3.63) is 77.1 Å². The molecule has 1 amide bonds. The molecule has 2 aromatic heterocycles. The number of pyridine rings is 1. The van der Waals surface area contributed by atoms with Crippen molar-refractivity contribution in [2.24, 2.45) is 0 Å². The van der Waals surface area contributed by atoms with Crippen LogP contribution in [0.4, 0.5) is 11.4 Å². The predicted molar refractivity (Wildman–Crippen MR) is 178 cm³/mol. The molecule has 2 atom stereocenters. The molecule has 240 valence electrons. The van der Waals surface area contributed by atoms with Crippen molar-refractivity contribution < 1.29 is 13.2 Å². The van der Waals surface area contributed by atoms with Gasteiger partial charge in [0.15, 0.2) is 5.82 Å². The molecule has 0 spiro atoms. The first-order valence-electron chi connectivity index (χ1n) is 16.5. The van der Waals surface area contributed by atoms with Gasteiger partial charge in [0, 0.05) is 66.5 Å². The highest BCUT2D eigenvalue weighted by Crippen LogP contribution is 2.38. The van der Waals surface area contributed by atoms with Crippen LogP contribution >= 0.6 is 0 Å². The van der Waals surface area contributed by atoms with E-state index in [1.54, 1.807) is 0 Å². The van der Waals surface area contributed by atoms with E-state index in [-0.39, 0.29) is 30.5 Å². The maximum Gasteiger partial charge on any atom is 0.269 e. The topological polar surface area (TPSA) is 125 Å². The van der Waals surface area contributed by atoms with Gasteiger partial charge in [-0.25, -0.2) is 18.4 Å². The lowest BCUT2D eigenvalue weighted by Crippen LogP contribution is -2.51. The molecule has 3 aliphatic heterocycles. The normalized spacial score (nSPS) is 21.1. The minimum Gasteiger partial charge on any atom is -0.368 e. The first-order chi connectivity index (χ1) is 22.3. The lowest BCUT2D eigenvalue weighted by molar-refractivity contribution is 0.0948. The minimum absolute atomic E-state index is 0.132. The zero-order valence-electron chi connectivity index (χ0n) is 26.2. The zero-order valence-corrected chi connectivity index (χ0v) is 27.0. The number of aryl methyl sites for hydroxylation is 1. The van der Waals surface area contributed by atoms with Gasteiger partial charge in [0.05, 0.1) is 18.0 Å². The van der Waals surface area contributed by atoms with E-state index in [0.29, 0.717) is 30.1 Å². The number of benzene rings is 2. The molecular formula is C34H40N8O3S. The van der Waals surface area contributed by atoms with E-state index in [4.69, 9.17) is 4.98 Å². The summed E-state index contributed by atoms with van der Waals surface area (Å²) in [6.07, 6.45) is 6.76. The molecule has 2 aromatic carbocycles. The molecule has 4 aliphatic rings. The number of nitrogens with one attached hydrogen (secondary N) is 2. The molecule has 5 heterocycles. The summed E-state index contributed by atoms with van der Waals surface area (Å²) in [4.78, 5) is 27.5. The van der Waals surface area contributed by atoms with E-state index in [2.05, 4.69) is 73.8 Å². The number of hydrogen-bond acceptors (Lipinski definition) is 9. The lowest BCUT2D eigenvalue weighted by atomic mass is 9.97. The van der Waals surface area contributed by atoms with E-state index in [1.807, 2.05) is 6.07 Å². The number of amides is 1. The molecule has 4 aromatic rings. The summed E-state index contributed by atoms with van der Waals surface area (Å²) >= 11 is 0. The zero-order chi connectivity index (χ0) is 31.4. The fraction of sp³-hybridized carbons (Fsp3) is 0.471. The first-order valence-corrected chi connectivity index (χ1v) is 18.1. The van der Waals surface area contributed by atoms with Crippen molar-refractivity contribution in [3.63, 3.8) is 0 Å². The highest BCUT2D eigenvalue weighted by Gasteiger charge is 2.35.